The molecule has 1 N–H and O–H groups in total. The van der Waals surface area contributed by atoms with E-state index in [-0.39, 0.29) is 11.8 Å². The Morgan fingerprint density at radius 3 is 2.72 bits per heavy atom. The minimum Gasteiger partial charge on any atom is -0.467 e. The van der Waals surface area contributed by atoms with Crippen molar-refractivity contribution in [2.45, 2.75) is 19.4 Å². The maximum Gasteiger partial charge on any atom is 0.228 e. The Bertz CT molecular complexity index is 733. The van der Waals surface area contributed by atoms with E-state index < -0.39 is 0 Å². The number of nitrogens with zero attached hydrogens (tertiary/aromatic N) is 2. The Balaban J connectivity index is 1.20. The average molecular weight is 339 g/mol. The van der Waals surface area contributed by atoms with E-state index in [1.807, 2.05) is 35.2 Å². The van der Waals surface area contributed by atoms with Crippen LogP contribution in [0.4, 0.5) is 0 Å². The lowest BCUT2D eigenvalue weighted by atomic mass is 10.1. The summed E-state index contributed by atoms with van der Waals surface area (Å²) in [6.07, 6.45) is 4.21. The second-order valence-electron chi connectivity index (χ2n) is 6.85. The fourth-order valence-electron chi connectivity index (χ4n) is 3.81. The van der Waals surface area contributed by atoms with Crippen LogP contribution in [0.2, 0.25) is 0 Å². The summed E-state index contributed by atoms with van der Waals surface area (Å²) >= 11 is 0. The van der Waals surface area contributed by atoms with Crippen LogP contribution in [0.25, 0.3) is 0 Å². The molecule has 4 rings (SSSR count). The van der Waals surface area contributed by atoms with E-state index in [4.69, 9.17) is 4.42 Å². The van der Waals surface area contributed by atoms with Crippen LogP contribution < -0.4 is 5.32 Å². The first-order valence-corrected chi connectivity index (χ1v) is 8.67. The van der Waals surface area contributed by atoms with Crippen LogP contribution in [-0.2, 0) is 22.6 Å². The molecular weight excluding hydrogens is 318 g/mol. The lowest BCUT2D eigenvalue weighted by Crippen LogP contribution is -2.33. The zero-order chi connectivity index (χ0) is 17.2. The molecule has 1 aliphatic heterocycles. The maximum atomic E-state index is 12.3. The summed E-state index contributed by atoms with van der Waals surface area (Å²) in [5.41, 5.74) is 0.807. The van der Waals surface area contributed by atoms with E-state index in [0.717, 1.165) is 24.5 Å². The highest BCUT2D eigenvalue weighted by molar-refractivity contribution is 5.79. The molecule has 6 nitrogen and oxygen atoms in total. The quantitative estimate of drug-likeness (QED) is 0.868. The smallest absolute Gasteiger partial charge is 0.228 e. The molecule has 0 aromatic carbocycles. The van der Waals surface area contributed by atoms with E-state index in [9.17, 15) is 9.59 Å². The van der Waals surface area contributed by atoms with Gasteiger partial charge in [0, 0.05) is 31.4 Å². The summed E-state index contributed by atoms with van der Waals surface area (Å²) in [4.78, 5) is 30.5. The molecule has 2 aromatic heterocycles. The van der Waals surface area contributed by atoms with Gasteiger partial charge >= 0.3 is 0 Å². The summed E-state index contributed by atoms with van der Waals surface area (Å²) in [7, 11) is 0. The van der Waals surface area contributed by atoms with Crippen molar-refractivity contribution in [3.8, 4) is 0 Å². The third-order valence-electron chi connectivity index (χ3n) is 5.24. The van der Waals surface area contributed by atoms with Crippen LogP contribution >= 0.6 is 0 Å². The number of likely N-dealkylation sites (tertiary alicyclic amines) is 1. The minimum absolute atomic E-state index is 0.0576. The van der Waals surface area contributed by atoms with Gasteiger partial charge in [0.1, 0.15) is 5.76 Å². The van der Waals surface area contributed by atoms with Gasteiger partial charge in [-0.05, 0) is 42.0 Å². The molecular formula is C19H21N3O3. The van der Waals surface area contributed by atoms with Gasteiger partial charge in [0.25, 0.3) is 0 Å². The molecule has 2 fully saturated rings. The Labute approximate surface area is 146 Å². The Morgan fingerprint density at radius 1 is 1.20 bits per heavy atom. The minimum atomic E-state index is 0.0576. The number of piperidine rings is 1. The molecule has 130 valence electrons. The van der Waals surface area contributed by atoms with Gasteiger partial charge in [0.05, 0.1) is 19.2 Å². The van der Waals surface area contributed by atoms with Gasteiger partial charge in [-0.15, -0.1) is 0 Å². The largest absolute Gasteiger partial charge is 0.467 e. The fraction of sp³-hybridized carbons (Fsp3) is 0.421. The van der Waals surface area contributed by atoms with E-state index in [1.165, 1.54) is 0 Å². The predicted molar refractivity (Wildman–Crippen MR) is 90.2 cm³/mol. The number of aromatic nitrogens is 1. The molecule has 0 radical (unpaired) electrons. The van der Waals surface area contributed by atoms with Gasteiger partial charge in [0.15, 0.2) is 0 Å². The highest BCUT2D eigenvalue weighted by Gasteiger charge is 2.56. The molecule has 1 unspecified atom stereocenters. The van der Waals surface area contributed by atoms with Crippen molar-refractivity contribution in [2.75, 3.05) is 13.1 Å². The zero-order valence-electron chi connectivity index (χ0n) is 13.9. The number of pyridine rings is 1. The monoisotopic (exact) mass is 339 g/mol. The summed E-state index contributed by atoms with van der Waals surface area (Å²) in [5.74, 6) is 2.31. The first-order chi connectivity index (χ1) is 12.2. The molecule has 2 aromatic rings. The van der Waals surface area contributed by atoms with Crippen molar-refractivity contribution in [1.82, 2.24) is 15.2 Å². The topological polar surface area (TPSA) is 75.4 Å². The maximum absolute atomic E-state index is 12.3. The van der Waals surface area contributed by atoms with E-state index in [1.54, 1.807) is 12.5 Å². The standard InChI is InChI=1S/C19H21N3O3/c23-18(21-10-14-5-3-7-25-14)9-15-16-11-22(12-17(15)16)19(24)8-13-4-1-2-6-20-13/h1-7,15-17H,8-12H2,(H,21,23)/t15?,16-,17+. The molecule has 2 amide bonds. The van der Waals surface area contributed by atoms with Gasteiger partial charge in [-0.3, -0.25) is 14.6 Å². The van der Waals surface area contributed by atoms with Gasteiger partial charge in [-0.2, -0.15) is 0 Å². The fourth-order valence-corrected chi connectivity index (χ4v) is 3.81. The number of furan rings is 1. The van der Waals surface area contributed by atoms with Gasteiger partial charge < -0.3 is 14.6 Å². The van der Waals surface area contributed by atoms with E-state index in [2.05, 4.69) is 10.3 Å². The summed E-state index contributed by atoms with van der Waals surface area (Å²) in [6, 6.07) is 9.27. The van der Waals surface area contributed by atoms with E-state index in [0.29, 0.717) is 37.1 Å². The number of carbonyl (C=O) groups excluding carboxylic acids is 2. The van der Waals surface area contributed by atoms with Crippen molar-refractivity contribution < 1.29 is 14.0 Å². The third-order valence-corrected chi connectivity index (χ3v) is 5.24. The number of fused-ring (bicyclic) bond motifs is 1. The number of carbonyl (C=O) groups is 2. The first-order valence-electron chi connectivity index (χ1n) is 8.67. The SMILES string of the molecule is O=C(CC1[C@H]2CN(C(=O)Cc3ccccn3)C[C@@H]12)NCc1ccco1. The molecule has 1 aliphatic carbocycles. The second-order valence-corrected chi connectivity index (χ2v) is 6.85. The lowest BCUT2D eigenvalue weighted by molar-refractivity contribution is -0.130. The van der Waals surface area contributed by atoms with Crippen LogP contribution in [0.5, 0.6) is 0 Å². The zero-order valence-corrected chi connectivity index (χ0v) is 13.9. The Morgan fingerprint density at radius 2 is 2.04 bits per heavy atom. The van der Waals surface area contributed by atoms with Gasteiger partial charge in [-0.25, -0.2) is 0 Å². The number of hydrogen-bond donors (Lipinski definition) is 1. The lowest BCUT2D eigenvalue weighted by Gasteiger charge is -2.19. The average Bonchev–Trinajstić information content (AvgIpc) is 3.07. The normalized spacial score (nSPS) is 24.0. The summed E-state index contributed by atoms with van der Waals surface area (Å²) < 4.78 is 5.20. The summed E-state index contributed by atoms with van der Waals surface area (Å²) in [6.45, 7) is 1.97. The second kappa shape index (κ2) is 6.70. The highest BCUT2D eigenvalue weighted by Crippen LogP contribution is 2.53. The molecule has 1 saturated heterocycles. The van der Waals surface area contributed by atoms with Crippen molar-refractivity contribution in [3.63, 3.8) is 0 Å². The number of nitrogens with one attached hydrogen (secondary N) is 1. The molecule has 3 heterocycles. The molecule has 0 spiro atoms. The van der Waals surface area contributed by atoms with Gasteiger partial charge in [-0.1, -0.05) is 6.07 Å². The molecule has 6 heteroatoms. The van der Waals surface area contributed by atoms with Gasteiger partial charge in [0.2, 0.25) is 11.8 Å². The molecule has 2 aliphatic rings. The van der Waals surface area contributed by atoms with E-state index >= 15 is 0 Å². The Hall–Kier alpha value is -2.63. The van der Waals surface area contributed by atoms with Crippen LogP contribution in [0.15, 0.2) is 47.2 Å². The van der Waals surface area contributed by atoms with Crippen molar-refractivity contribution in [1.29, 1.82) is 0 Å². The van der Waals surface area contributed by atoms with Crippen LogP contribution in [-0.4, -0.2) is 34.8 Å². The number of amides is 2. The summed E-state index contributed by atoms with van der Waals surface area (Å²) in [5, 5.41) is 2.89. The van der Waals surface area contributed by atoms with Crippen LogP contribution in [0, 0.1) is 17.8 Å². The van der Waals surface area contributed by atoms with Crippen LogP contribution in [0.1, 0.15) is 17.9 Å². The molecule has 25 heavy (non-hydrogen) atoms. The van der Waals surface area contributed by atoms with Crippen molar-refractivity contribution in [2.24, 2.45) is 17.8 Å². The third kappa shape index (κ3) is 3.57. The molecule has 0 bridgehead atoms. The van der Waals surface area contributed by atoms with Crippen LogP contribution in [0.3, 0.4) is 0 Å². The van der Waals surface area contributed by atoms with Crippen molar-refractivity contribution >= 4 is 11.8 Å². The van der Waals surface area contributed by atoms with Crippen molar-refractivity contribution in [3.05, 3.63) is 54.2 Å². The first kappa shape index (κ1) is 15.9. The number of rotatable bonds is 6. The molecule has 1 saturated carbocycles. The highest BCUT2D eigenvalue weighted by atomic mass is 16.3. The Kier molecular flexibility index (Phi) is 4.26. The molecule has 3 atom stereocenters. The number of hydrogen-bond acceptors (Lipinski definition) is 4. The predicted octanol–water partition coefficient (Wildman–Crippen LogP) is 1.63.